The average Bonchev–Trinajstić information content (AvgIpc) is 3.66. The molecule has 0 bridgehead atoms. The highest BCUT2D eigenvalue weighted by Gasteiger charge is 2.15. The first kappa shape index (κ1) is 21.1. The minimum absolute atomic E-state index is 1.18. The first-order valence-electron chi connectivity index (χ1n) is 13.3. The Labute approximate surface area is 228 Å². The van der Waals surface area contributed by atoms with Crippen LogP contribution in [0.5, 0.6) is 0 Å². The topological polar surface area (TPSA) is 20.7 Å². The van der Waals surface area contributed by atoms with Crippen molar-refractivity contribution in [3.8, 4) is 16.8 Å². The molecular formula is C36H22N2S. The molecule has 0 radical (unpaired) electrons. The van der Waals surface area contributed by atoms with Crippen LogP contribution in [0, 0.1) is 0 Å². The molecule has 39 heavy (non-hydrogen) atoms. The lowest BCUT2D eigenvalue weighted by Gasteiger charge is -2.08. The number of aromatic amines is 1. The van der Waals surface area contributed by atoms with Gasteiger partial charge in [-0.3, -0.25) is 0 Å². The Hall–Kier alpha value is -4.86. The van der Waals surface area contributed by atoms with Gasteiger partial charge in [0.15, 0.2) is 0 Å². The number of fused-ring (bicyclic) bond motifs is 10. The fourth-order valence-corrected chi connectivity index (χ4v) is 7.62. The summed E-state index contributed by atoms with van der Waals surface area (Å²) in [5.74, 6) is 0. The zero-order chi connectivity index (χ0) is 25.5. The minimum Gasteiger partial charge on any atom is -0.354 e. The minimum atomic E-state index is 1.18. The summed E-state index contributed by atoms with van der Waals surface area (Å²) in [7, 11) is 0. The van der Waals surface area contributed by atoms with Gasteiger partial charge >= 0.3 is 0 Å². The molecule has 3 aromatic heterocycles. The van der Waals surface area contributed by atoms with Crippen molar-refractivity contribution in [1.82, 2.24) is 9.55 Å². The molecule has 0 aliphatic carbocycles. The van der Waals surface area contributed by atoms with Crippen LogP contribution in [-0.4, -0.2) is 9.55 Å². The first-order chi connectivity index (χ1) is 19.3. The fraction of sp³-hybridized carbons (Fsp3) is 0. The number of hydrogen-bond acceptors (Lipinski definition) is 1. The third-order valence-corrected chi connectivity index (χ3v) is 9.33. The maximum atomic E-state index is 3.72. The second kappa shape index (κ2) is 7.83. The van der Waals surface area contributed by atoms with Crippen LogP contribution in [0.4, 0.5) is 0 Å². The molecule has 0 spiro atoms. The molecule has 182 valence electrons. The van der Waals surface area contributed by atoms with E-state index in [0.29, 0.717) is 0 Å². The Morgan fingerprint density at radius 3 is 2.13 bits per heavy atom. The van der Waals surface area contributed by atoms with Gasteiger partial charge in [0, 0.05) is 58.4 Å². The Kier molecular flexibility index (Phi) is 4.24. The van der Waals surface area contributed by atoms with Crippen LogP contribution < -0.4 is 0 Å². The molecule has 0 unspecified atom stereocenters. The van der Waals surface area contributed by atoms with Crippen LogP contribution in [0.2, 0.25) is 0 Å². The molecule has 0 amide bonds. The lowest BCUT2D eigenvalue weighted by molar-refractivity contribution is 1.18. The summed E-state index contributed by atoms with van der Waals surface area (Å²) < 4.78 is 5.07. The number of para-hydroxylation sites is 2. The van der Waals surface area contributed by atoms with E-state index >= 15 is 0 Å². The fourth-order valence-electron chi connectivity index (χ4n) is 6.36. The van der Waals surface area contributed by atoms with Gasteiger partial charge in [0.2, 0.25) is 0 Å². The van der Waals surface area contributed by atoms with E-state index in [-0.39, 0.29) is 0 Å². The second-order valence-corrected chi connectivity index (χ2v) is 11.3. The normalized spacial score (nSPS) is 12.1. The van der Waals surface area contributed by atoms with Crippen LogP contribution in [-0.2, 0) is 0 Å². The number of nitrogens with zero attached hydrogens (tertiary/aromatic N) is 1. The van der Waals surface area contributed by atoms with Crippen molar-refractivity contribution in [2.75, 3.05) is 0 Å². The van der Waals surface area contributed by atoms with E-state index in [1.54, 1.807) is 0 Å². The summed E-state index contributed by atoms with van der Waals surface area (Å²) in [5.41, 5.74) is 8.47. The van der Waals surface area contributed by atoms with Crippen molar-refractivity contribution in [1.29, 1.82) is 0 Å². The van der Waals surface area contributed by atoms with Crippen molar-refractivity contribution >= 4 is 75.1 Å². The van der Waals surface area contributed by atoms with Crippen molar-refractivity contribution in [3.63, 3.8) is 0 Å². The van der Waals surface area contributed by atoms with Crippen LogP contribution in [0.15, 0.2) is 127 Å². The molecule has 3 heteroatoms. The number of H-pyrrole nitrogens is 1. The van der Waals surface area contributed by atoms with E-state index in [0.717, 1.165) is 0 Å². The van der Waals surface area contributed by atoms with E-state index in [2.05, 4.69) is 137 Å². The molecule has 0 aliphatic heterocycles. The van der Waals surface area contributed by atoms with Gasteiger partial charge in [0.1, 0.15) is 0 Å². The number of thiophene rings is 1. The van der Waals surface area contributed by atoms with Crippen LogP contribution >= 0.6 is 11.3 Å². The standard InChI is InChI=1S/C36H22N2S/c1-2-8-24(9-3-1)38-32-12-6-4-10-25(32)29-20-22(15-19-33(29)38)23-14-16-28-31(21-23)37-30-18-17-27-26-11-5-7-13-34(26)39-36(27)35(28)30/h1-21,37H. The van der Waals surface area contributed by atoms with Crippen molar-refractivity contribution in [2.24, 2.45) is 0 Å². The second-order valence-electron chi connectivity index (χ2n) is 10.3. The van der Waals surface area contributed by atoms with Gasteiger partial charge in [-0.05, 0) is 59.7 Å². The highest BCUT2D eigenvalue weighted by atomic mass is 32.1. The molecule has 3 heterocycles. The first-order valence-corrected chi connectivity index (χ1v) is 14.1. The van der Waals surface area contributed by atoms with E-state index in [1.807, 2.05) is 11.3 Å². The van der Waals surface area contributed by atoms with Gasteiger partial charge in [-0.2, -0.15) is 0 Å². The van der Waals surface area contributed by atoms with Gasteiger partial charge in [0.25, 0.3) is 0 Å². The average molecular weight is 515 g/mol. The Morgan fingerprint density at radius 2 is 1.21 bits per heavy atom. The molecule has 0 fully saturated rings. The quantitative estimate of drug-likeness (QED) is 0.237. The molecular weight excluding hydrogens is 492 g/mol. The number of hydrogen-bond donors (Lipinski definition) is 1. The maximum Gasteiger partial charge on any atom is 0.0541 e. The van der Waals surface area contributed by atoms with Gasteiger partial charge in [0.05, 0.1) is 11.0 Å². The number of rotatable bonds is 2. The summed E-state index contributed by atoms with van der Waals surface area (Å²) in [5, 5.41) is 7.85. The summed E-state index contributed by atoms with van der Waals surface area (Å²) in [6.07, 6.45) is 0. The molecule has 2 nitrogen and oxygen atoms in total. The number of aromatic nitrogens is 2. The van der Waals surface area contributed by atoms with Crippen molar-refractivity contribution < 1.29 is 0 Å². The summed E-state index contributed by atoms with van der Waals surface area (Å²) >= 11 is 1.89. The zero-order valence-electron chi connectivity index (χ0n) is 21.0. The SMILES string of the molecule is c1ccc(-n2c3ccccc3c3cc(-c4ccc5c(c4)[nH]c4ccc6c7ccccc7sc6c45)ccc32)cc1. The number of benzene rings is 6. The summed E-state index contributed by atoms with van der Waals surface area (Å²) in [6, 6.07) is 46.3. The molecule has 0 saturated heterocycles. The summed E-state index contributed by atoms with van der Waals surface area (Å²) in [4.78, 5) is 3.72. The highest BCUT2D eigenvalue weighted by Crippen LogP contribution is 2.42. The molecule has 6 aromatic carbocycles. The summed E-state index contributed by atoms with van der Waals surface area (Å²) in [6.45, 7) is 0. The van der Waals surface area contributed by atoms with Crippen LogP contribution in [0.25, 0.3) is 80.6 Å². The Bertz CT molecular complexity index is 2390. The molecule has 0 saturated carbocycles. The third-order valence-electron chi connectivity index (χ3n) is 8.13. The van der Waals surface area contributed by atoms with Crippen molar-refractivity contribution in [2.45, 2.75) is 0 Å². The molecule has 0 aliphatic rings. The lowest BCUT2D eigenvalue weighted by atomic mass is 10.0. The molecule has 0 atom stereocenters. The predicted molar refractivity (Wildman–Crippen MR) is 168 cm³/mol. The van der Waals surface area contributed by atoms with E-state index in [4.69, 9.17) is 0 Å². The van der Waals surface area contributed by atoms with Gasteiger partial charge in [-0.1, -0.05) is 78.9 Å². The molecule has 9 rings (SSSR count). The van der Waals surface area contributed by atoms with E-state index < -0.39 is 0 Å². The largest absolute Gasteiger partial charge is 0.354 e. The monoisotopic (exact) mass is 514 g/mol. The third kappa shape index (κ3) is 2.96. The Morgan fingerprint density at radius 1 is 0.487 bits per heavy atom. The smallest absolute Gasteiger partial charge is 0.0541 e. The highest BCUT2D eigenvalue weighted by molar-refractivity contribution is 7.26. The maximum absolute atomic E-state index is 3.72. The Balaban J connectivity index is 1.26. The van der Waals surface area contributed by atoms with Crippen molar-refractivity contribution in [3.05, 3.63) is 127 Å². The predicted octanol–water partition coefficient (Wildman–Crippen LogP) is 10.5. The van der Waals surface area contributed by atoms with E-state index in [1.165, 1.54) is 80.6 Å². The van der Waals surface area contributed by atoms with Gasteiger partial charge in [-0.15, -0.1) is 11.3 Å². The molecule has 1 N–H and O–H groups in total. The van der Waals surface area contributed by atoms with Crippen LogP contribution in [0.3, 0.4) is 0 Å². The van der Waals surface area contributed by atoms with E-state index in [9.17, 15) is 0 Å². The molecule has 9 aromatic rings. The lowest BCUT2D eigenvalue weighted by Crippen LogP contribution is -1.92. The zero-order valence-corrected chi connectivity index (χ0v) is 21.8. The van der Waals surface area contributed by atoms with Crippen LogP contribution in [0.1, 0.15) is 0 Å². The van der Waals surface area contributed by atoms with Gasteiger partial charge < -0.3 is 9.55 Å². The number of nitrogens with one attached hydrogen (secondary N) is 1. The van der Waals surface area contributed by atoms with Gasteiger partial charge in [-0.25, -0.2) is 0 Å².